The lowest BCUT2D eigenvalue weighted by Gasteiger charge is -2.21. The van der Waals surface area contributed by atoms with Gasteiger partial charge in [-0.15, -0.1) is 0 Å². The van der Waals surface area contributed by atoms with Crippen LogP contribution in [0.4, 0.5) is 0 Å². The molecule has 0 spiro atoms. The van der Waals surface area contributed by atoms with E-state index >= 15 is 0 Å². The standard InChI is InChI=1S/C80H156O17P2/c1-8-10-11-12-13-14-15-20-28-33-42-49-56-63-79(84)97-76(68-91-78(83)62-55-48-41-36-35-39-46-53-60-73(7)9-2)70-95-99(88,89)93-66-74(81)65-92-98(86,87)94-69-75(96-80(85)64-57-50-43-34-29-24-19-17-22-26-31-38-45-52-59-72(5)6)67-90-77(82)61-54-47-40-32-27-23-18-16-21-25-30-37-44-51-58-71(3)4/h71-76,81H,8-70H2,1-7H3,(H,86,87)(H,88,89)/t73?,74-,75-,76-/m1/s1. The van der Waals surface area contributed by atoms with Gasteiger partial charge in [0.05, 0.1) is 26.4 Å². The van der Waals surface area contributed by atoms with Gasteiger partial charge in [-0.1, -0.05) is 363 Å². The highest BCUT2D eigenvalue weighted by Gasteiger charge is 2.30. The van der Waals surface area contributed by atoms with Gasteiger partial charge in [0.25, 0.3) is 0 Å². The summed E-state index contributed by atoms with van der Waals surface area (Å²) in [4.78, 5) is 73.0. The molecule has 0 rings (SSSR count). The molecule has 3 N–H and O–H groups in total. The number of esters is 4. The van der Waals surface area contributed by atoms with Crippen LogP contribution in [-0.2, 0) is 65.4 Å². The number of aliphatic hydroxyl groups is 1. The fourth-order valence-electron chi connectivity index (χ4n) is 12.3. The van der Waals surface area contributed by atoms with E-state index in [0.29, 0.717) is 25.7 Å². The van der Waals surface area contributed by atoms with Crippen LogP contribution < -0.4 is 0 Å². The van der Waals surface area contributed by atoms with Crippen molar-refractivity contribution in [2.45, 2.75) is 433 Å². The zero-order valence-electron chi connectivity index (χ0n) is 65.0. The highest BCUT2D eigenvalue weighted by Crippen LogP contribution is 2.45. The van der Waals surface area contributed by atoms with Crippen molar-refractivity contribution in [1.29, 1.82) is 0 Å². The number of rotatable bonds is 78. The molecule has 588 valence electrons. The van der Waals surface area contributed by atoms with Gasteiger partial charge in [-0.3, -0.25) is 37.3 Å². The first kappa shape index (κ1) is 97.1. The molecule has 6 atom stereocenters. The van der Waals surface area contributed by atoms with E-state index in [1.165, 1.54) is 225 Å². The van der Waals surface area contributed by atoms with E-state index in [1.54, 1.807) is 0 Å². The van der Waals surface area contributed by atoms with Crippen LogP contribution >= 0.6 is 15.6 Å². The molecule has 3 unspecified atom stereocenters. The Balaban J connectivity index is 5.26. The summed E-state index contributed by atoms with van der Waals surface area (Å²) >= 11 is 0. The SMILES string of the molecule is CCCCCCCCCCCCCCCC(=O)O[C@H](COC(=O)CCCCCCCCCCC(C)CC)COP(=O)(O)OC[C@H](O)COP(=O)(O)OC[C@@H](COC(=O)CCCCCCCCCCCCCCCCC(C)C)OC(=O)CCCCCCCCCCCCCCCCC(C)C. The normalized spacial score (nSPS) is 14.3. The van der Waals surface area contributed by atoms with Crippen molar-refractivity contribution in [3.8, 4) is 0 Å². The van der Waals surface area contributed by atoms with E-state index in [4.69, 9.17) is 37.0 Å². The van der Waals surface area contributed by atoms with E-state index in [0.717, 1.165) is 108 Å². The van der Waals surface area contributed by atoms with Gasteiger partial charge in [-0.05, 0) is 43.4 Å². The Labute approximate surface area is 607 Å². The summed E-state index contributed by atoms with van der Waals surface area (Å²) in [5.74, 6) is 0.262. The third kappa shape index (κ3) is 72.8. The lowest BCUT2D eigenvalue weighted by Crippen LogP contribution is -2.30. The van der Waals surface area contributed by atoms with Crippen LogP contribution in [0.25, 0.3) is 0 Å². The highest BCUT2D eigenvalue weighted by molar-refractivity contribution is 7.47. The molecule has 0 saturated heterocycles. The zero-order valence-corrected chi connectivity index (χ0v) is 66.8. The molecule has 0 aliphatic heterocycles. The van der Waals surface area contributed by atoms with Gasteiger partial charge >= 0.3 is 39.5 Å². The van der Waals surface area contributed by atoms with Crippen molar-refractivity contribution in [3.63, 3.8) is 0 Å². The van der Waals surface area contributed by atoms with Crippen molar-refractivity contribution in [1.82, 2.24) is 0 Å². The molecular formula is C80H156O17P2. The fourth-order valence-corrected chi connectivity index (χ4v) is 13.9. The molecule has 0 bridgehead atoms. The van der Waals surface area contributed by atoms with Gasteiger partial charge in [0.1, 0.15) is 19.3 Å². The molecule has 99 heavy (non-hydrogen) atoms. The van der Waals surface area contributed by atoms with Crippen molar-refractivity contribution in [2.75, 3.05) is 39.6 Å². The Morgan fingerprint density at radius 3 is 0.768 bits per heavy atom. The largest absolute Gasteiger partial charge is 0.472 e. The predicted molar refractivity (Wildman–Crippen MR) is 405 cm³/mol. The Hall–Kier alpha value is -1.94. The maximum absolute atomic E-state index is 13.1. The number of carbonyl (C=O) groups is 4. The summed E-state index contributed by atoms with van der Waals surface area (Å²) in [5, 5.41) is 10.6. The molecule has 0 aliphatic carbocycles. The second-order valence-corrected chi connectivity index (χ2v) is 32.9. The Kier molecular flexibility index (Phi) is 69.0. The summed E-state index contributed by atoms with van der Waals surface area (Å²) in [6.45, 7) is 12.0. The molecule has 0 aromatic heterocycles. The van der Waals surface area contributed by atoms with Gasteiger partial charge in [0, 0.05) is 25.7 Å². The summed E-state index contributed by atoms with van der Waals surface area (Å²) in [6.07, 6.45) is 58.1. The van der Waals surface area contributed by atoms with Gasteiger partial charge in [0.2, 0.25) is 0 Å². The van der Waals surface area contributed by atoms with Crippen molar-refractivity contribution < 1.29 is 80.2 Å². The number of hydrogen-bond donors (Lipinski definition) is 3. The van der Waals surface area contributed by atoms with E-state index < -0.39 is 97.5 Å². The molecule has 0 saturated carbocycles. The first-order valence-corrected chi connectivity index (χ1v) is 44.4. The number of hydrogen-bond acceptors (Lipinski definition) is 15. The summed E-state index contributed by atoms with van der Waals surface area (Å²) < 4.78 is 68.7. The predicted octanol–water partition coefficient (Wildman–Crippen LogP) is 23.7. The van der Waals surface area contributed by atoms with Crippen LogP contribution in [0, 0.1) is 17.8 Å². The molecule has 0 aromatic rings. The molecule has 0 aliphatic rings. The molecule has 0 amide bonds. The monoisotopic (exact) mass is 1450 g/mol. The third-order valence-electron chi connectivity index (χ3n) is 19.0. The molecule has 0 aromatic carbocycles. The van der Waals surface area contributed by atoms with E-state index in [1.807, 2.05) is 0 Å². The Morgan fingerprint density at radius 1 is 0.293 bits per heavy atom. The average molecular weight is 1450 g/mol. The fraction of sp³-hybridized carbons (Fsp3) is 0.950. The topological polar surface area (TPSA) is 237 Å². The number of carbonyl (C=O) groups excluding carboxylic acids is 4. The third-order valence-corrected chi connectivity index (χ3v) is 20.9. The minimum atomic E-state index is -4.96. The van der Waals surface area contributed by atoms with Crippen LogP contribution in [0.3, 0.4) is 0 Å². The number of unbranched alkanes of at least 4 members (excludes halogenated alkanes) is 45. The lowest BCUT2D eigenvalue weighted by atomic mass is 9.99. The number of aliphatic hydroxyl groups excluding tert-OH is 1. The number of ether oxygens (including phenoxy) is 4. The molecule has 0 radical (unpaired) electrons. The Morgan fingerprint density at radius 2 is 0.515 bits per heavy atom. The van der Waals surface area contributed by atoms with E-state index in [2.05, 4.69) is 48.5 Å². The van der Waals surface area contributed by atoms with Crippen LogP contribution in [0.2, 0.25) is 0 Å². The van der Waals surface area contributed by atoms with E-state index in [9.17, 15) is 43.2 Å². The van der Waals surface area contributed by atoms with Crippen LogP contribution in [0.15, 0.2) is 0 Å². The first-order valence-electron chi connectivity index (χ1n) is 41.4. The average Bonchev–Trinajstić information content (AvgIpc) is 0.959. The van der Waals surface area contributed by atoms with Crippen molar-refractivity contribution >= 4 is 39.5 Å². The minimum Gasteiger partial charge on any atom is -0.462 e. The maximum atomic E-state index is 13.1. The second-order valence-electron chi connectivity index (χ2n) is 30.0. The molecule has 0 fully saturated rings. The molecule has 19 heteroatoms. The van der Waals surface area contributed by atoms with Gasteiger partial charge in [-0.2, -0.15) is 0 Å². The number of phosphoric ester groups is 2. The molecule has 0 heterocycles. The first-order chi connectivity index (χ1) is 47.8. The quantitative estimate of drug-likeness (QED) is 0.0222. The molecule has 17 nitrogen and oxygen atoms in total. The zero-order chi connectivity index (χ0) is 73.0. The number of phosphoric acid groups is 2. The van der Waals surface area contributed by atoms with Crippen LogP contribution in [-0.4, -0.2) is 96.7 Å². The van der Waals surface area contributed by atoms with Crippen LogP contribution in [0.5, 0.6) is 0 Å². The molecular weight excluding hydrogens is 1290 g/mol. The minimum absolute atomic E-state index is 0.107. The summed E-state index contributed by atoms with van der Waals surface area (Å²) in [6, 6.07) is 0. The summed E-state index contributed by atoms with van der Waals surface area (Å²) in [7, 11) is -9.92. The van der Waals surface area contributed by atoms with Crippen LogP contribution in [0.1, 0.15) is 414 Å². The van der Waals surface area contributed by atoms with E-state index in [-0.39, 0.29) is 25.7 Å². The van der Waals surface area contributed by atoms with Gasteiger partial charge in [0.15, 0.2) is 12.2 Å². The second kappa shape index (κ2) is 70.4. The Bertz CT molecular complexity index is 1920. The van der Waals surface area contributed by atoms with Gasteiger partial charge < -0.3 is 33.8 Å². The van der Waals surface area contributed by atoms with Crippen molar-refractivity contribution in [3.05, 3.63) is 0 Å². The summed E-state index contributed by atoms with van der Waals surface area (Å²) in [5.41, 5.74) is 0. The lowest BCUT2D eigenvalue weighted by molar-refractivity contribution is -0.161. The van der Waals surface area contributed by atoms with Crippen molar-refractivity contribution in [2.24, 2.45) is 17.8 Å². The van der Waals surface area contributed by atoms with Gasteiger partial charge in [-0.25, -0.2) is 9.13 Å². The maximum Gasteiger partial charge on any atom is 0.472 e. The highest BCUT2D eigenvalue weighted by atomic mass is 31.2. The smallest absolute Gasteiger partial charge is 0.462 e.